The number of aryl methyl sites for hydroxylation is 1. The zero-order valence-corrected chi connectivity index (χ0v) is 10.6. The van der Waals surface area contributed by atoms with E-state index >= 15 is 0 Å². The highest BCUT2D eigenvalue weighted by molar-refractivity contribution is 5.88. The first kappa shape index (κ1) is 13.5. The molecule has 1 aromatic rings. The number of hydrogen-bond donors (Lipinski definition) is 0. The average molecular weight is 232 g/mol. The summed E-state index contributed by atoms with van der Waals surface area (Å²) < 4.78 is 4.79. The van der Waals surface area contributed by atoms with E-state index in [1.165, 1.54) is 12.7 Å². The highest BCUT2D eigenvalue weighted by Gasteiger charge is 2.08. The summed E-state index contributed by atoms with van der Waals surface area (Å²) >= 11 is 0. The van der Waals surface area contributed by atoms with Crippen LogP contribution in [0.3, 0.4) is 0 Å². The van der Waals surface area contributed by atoms with Gasteiger partial charge in [0.15, 0.2) is 0 Å². The zero-order chi connectivity index (χ0) is 12.5. The fourth-order valence-electron chi connectivity index (χ4n) is 1.66. The maximum Gasteiger partial charge on any atom is 0.333 e. The Labute approximate surface area is 103 Å². The molecule has 92 valence electrons. The van der Waals surface area contributed by atoms with Crippen molar-refractivity contribution in [3.8, 4) is 0 Å². The predicted molar refractivity (Wildman–Crippen MR) is 69.8 cm³/mol. The van der Waals surface area contributed by atoms with Crippen LogP contribution in [0.1, 0.15) is 31.7 Å². The number of rotatable bonds is 6. The van der Waals surface area contributed by atoms with Crippen LogP contribution in [0.15, 0.2) is 42.0 Å². The standard InChI is InChI=1S/C15H20O2/c1-3-4-10-14(15(16)17-2)12-11-13-8-6-5-7-9-13/h5-10H,3-4,11-12H2,1-2H3/b14-10+. The van der Waals surface area contributed by atoms with Crippen LogP contribution in [0.4, 0.5) is 0 Å². The van der Waals surface area contributed by atoms with Crippen molar-refractivity contribution in [2.24, 2.45) is 0 Å². The third-order valence-electron chi connectivity index (χ3n) is 2.65. The summed E-state index contributed by atoms with van der Waals surface area (Å²) in [6.45, 7) is 2.10. The number of allylic oxidation sites excluding steroid dienone is 1. The average Bonchev–Trinajstić information content (AvgIpc) is 2.39. The lowest BCUT2D eigenvalue weighted by Gasteiger charge is -2.05. The maximum absolute atomic E-state index is 11.5. The van der Waals surface area contributed by atoms with Gasteiger partial charge in [-0.25, -0.2) is 4.79 Å². The molecule has 2 heteroatoms. The molecule has 1 aromatic carbocycles. The van der Waals surface area contributed by atoms with E-state index in [4.69, 9.17) is 4.74 Å². The Morgan fingerprint density at radius 3 is 2.59 bits per heavy atom. The lowest BCUT2D eigenvalue weighted by atomic mass is 10.0. The highest BCUT2D eigenvalue weighted by Crippen LogP contribution is 2.12. The van der Waals surface area contributed by atoms with Crippen LogP contribution < -0.4 is 0 Å². The van der Waals surface area contributed by atoms with Crippen molar-refractivity contribution in [3.05, 3.63) is 47.5 Å². The number of hydrogen-bond acceptors (Lipinski definition) is 2. The molecule has 0 spiro atoms. The van der Waals surface area contributed by atoms with Crippen LogP contribution in [-0.2, 0) is 16.0 Å². The summed E-state index contributed by atoms with van der Waals surface area (Å²) in [5.41, 5.74) is 2.04. The van der Waals surface area contributed by atoms with Gasteiger partial charge in [-0.2, -0.15) is 0 Å². The maximum atomic E-state index is 11.5. The van der Waals surface area contributed by atoms with Crippen LogP contribution in [-0.4, -0.2) is 13.1 Å². The largest absolute Gasteiger partial charge is 0.466 e. The second-order valence-corrected chi connectivity index (χ2v) is 4.00. The molecular formula is C15H20O2. The van der Waals surface area contributed by atoms with E-state index in [1.54, 1.807) is 0 Å². The summed E-state index contributed by atoms with van der Waals surface area (Å²) in [6, 6.07) is 10.2. The first-order chi connectivity index (χ1) is 8.27. The number of ether oxygens (including phenoxy) is 1. The van der Waals surface area contributed by atoms with E-state index in [2.05, 4.69) is 19.1 Å². The summed E-state index contributed by atoms with van der Waals surface area (Å²) in [5, 5.41) is 0. The van der Waals surface area contributed by atoms with Crippen LogP contribution in [0.2, 0.25) is 0 Å². The number of carbonyl (C=O) groups excluding carboxylic acids is 1. The minimum Gasteiger partial charge on any atom is -0.466 e. The van der Waals surface area contributed by atoms with Gasteiger partial charge in [-0.3, -0.25) is 0 Å². The monoisotopic (exact) mass is 232 g/mol. The van der Waals surface area contributed by atoms with Crippen LogP contribution in [0, 0.1) is 0 Å². The van der Waals surface area contributed by atoms with Crippen LogP contribution >= 0.6 is 0 Å². The Bertz CT molecular complexity index is 366. The second kappa shape index (κ2) is 7.66. The molecule has 1 rings (SSSR count). The number of carbonyl (C=O) groups is 1. The normalized spacial score (nSPS) is 11.3. The van der Waals surface area contributed by atoms with E-state index in [0.717, 1.165) is 31.3 Å². The number of unbranched alkanes of at least 4 members (excludes halogenated alkanes) is 1. The Hall–Kier alpha value is -1.57. The molecule has 0 N–H and O–H groups in total. The zero-order valence-electron chi connectivity index (χ0n) is 10.6. The van der Waals surface area contributed by atoms with Crippen molar-refractivity contribution >= 4 is 5.97 Å². The molecule has 0 amide bonds. The van der Waals surface area contributed by atoms with Gasteiger partial charge < -0.3 is 4.74 Å². The third kappa shape index (κ3) is 4.85. The minimum absolute atomic E-state index is 0.200. The molecule has 0 aliphatic rings. The Balaban J connectivity index is 2.58. The second-order valence-electron chi connectivity index (χ2n) is 4.00. The molecule has 0 unspecified atom stereocenters. The minimum atomic E-state index is -0.200. The van der Waals surface area contributed by atoms with Crippen molar-refractivity contribution < 1.29 is 9.53 Å². The SMILES string of the molecule is CCC/C=C(\CCc1ccccc1)C(=O)OC. The lowest BCUT2D eigenvalue weighted by molar-refractivity contribution is -0.136. The summed E-state index contributed by atoms with van der Waals surface area (Å²) in [5.74, 6) is -0.200. The van der Waals surface area contributed by atoms with Gasteiger partial charge in [0, 0.05) is 5.57 Å². The molecule has 0 saturated carbocycles. The summed E-state index contributed by atoms with van der Waals surface area (Å²) in [7, 11) is 1.44. The van der Waals surface area contributed by atoms with Gasteiger partial charge in [0.05, 0.1) is 7.11 Å². The first-order valence-corrected chi connectivity index (χ1v) is 6.09. The summed E-state index contributed by atoms with van der Waals surface area (Å²) in [6.07, 6.45) is 5.60. The fraction of sp³-hybridized carbons (Fsp3) is 0.400. The van der Waals surface area contributed by atoms with Crippen molar-refractivity contribution in [2.45, 2.75) is 32.6 Å². The van der Waals surface area contributed by atoms with Crippen LogP contribution in [0.5, 0.6) is 0 Å². The van der Waals surface area contributed by atoms with E-state index < -0.39 is 0 Å². The Morgan fingerprint density at radius 2 is 2.00 bits per heavy atom. The van der Waals surface area contributed by atoms with E-state index in [9.17, 15) is 4.79 Å². The predicted octanol–water partition coefficient (Wildman–Crippen LogP) is 3.52. The molecule has 0 heterocycles. The number of benzene rings is 1. The van der Waals surface area contributed by atoms with Crippen molar-refractivity contribution in [2.75, 3.05) is 7.11 Å². The van der Waals surface area contributed by atoms with Crippen molar-refractivity contribution in [3.63, 3.8) is 0 Å². The number of esters is 1. The lowest BCUT2D eigenvalue weighted by Crippen LogP contribution is -2.06. The van der Waals surface area contributed by atoms with Gasteiger partial charge >= 0.3 is 5.97 Å². The molecule has 0 radical (unpaired) electrons. The first-order valence-electron chi connectivity index (χ1n) is 6.09. The Kier molecular flexibility index (Phi) is 6.08. The van der Waals surface area contributed by atoms with Gasteiger partial charge in [0.2, 0.25) is 0 Å². The molecule has 0 aliphatic carbocycles. The number of methoxy groups -OCH3 is 1. The van der Waals surface area contributed by atoms with Gasteiger partial charge in [-0.15, -0.1) is 0 Å². The van der Waals surface area contributed by atoms with E-state index in [0.29, 0.717) is 0 Å². The van der Waals surface area contributed by atoms with Gasteiger partial charge in [0.1, 0.15) is 0 Å². The molecule has 0 aromatic heterocycles. The topological polar surface area (TPSA) is 26.3 Å². The fourth-order valence-corrected chi connectivity index (χ4v) is 1.66. The summed E-state index contributed by atoms with van der Waals surface area (Å²) in [4.78, 5) is 11.5. The van der Waals surface area contributed by atoms with Crippen LogP contribution in [0.25, 0.3) is 0 Å². The molecule has 17 heavy (non-hydrogen) atoms. The quantitative estimate of drug-likeness (QED) is 0.554. The van der Waals surface area contributed by atoms with Crippen molar-refractivity contribution in [1.82, 2.24) is 0 Å². The highest BCUT2D eigenvalue weighted by atomic mass is 16.5. The molecule has 0 fully saturated rings. The molecule has 0 atom stereocenters. The third-order valence-corrected chi connectivity index (χ3v) is 2.65. The molecule has 0 saturated heterocycles. The van der Waals surface area contributed by atoms with E-state index in [1.807, 2.05) is 24.3 Å². The van der Waals surface area contributed by atoms with Crippen molar-refractivity contribution in [1.29, 1.82) is 0 Å². The molecule has 2 nitrogen and oxygen atoms in total. The smallest absolute Gasteiger partial charge is 0.333 e. The Morgan fingerprint density at radius 1 is 1.29 bits per heavy atom. The molecule has 0 bridgehead atoms. The van der Waals surface area contributed by atoms with Gasteiger partial charge in [0.25, 0.3) is 0 Å². The molecular weight excluding hydrogens is 212 g/mol. The van der Waals surface area contributed by atoms with Gasteiger partial charge in [-0.05, 0) is 24.8 Å². The van der Waals surface area contributed by atoms with E-state index in [-0.39, 0.29) is 5.97 Å². The van der Waals surface area contributed by atoms with Gasteiger partial charge in [-0.1, -0.05) is 49.8 Å². The molecule has 0 aliphatic heterocycles.